The zero-order valence-corrected chi connectivity index (χ0v) is 9.38. The summed E-state index contributed by atoms with van der Waals surface area (Å²) in [6.07, 6.45) is 3.54. The highest BCUT2D eigenvalue weighted by Gasteiger charge is 2.23. The largest absolute Gasteiger partial charge is 0.316 e. The van der Waals surface area contributed by atoms with Crippen molar-refractivity contribution >= 4 is 11.6 Å². The second-order valence-corrected chi connectivity index (χ2v) is 3.78. The van der Waals surface area contributed by atoms with E-state index in [1.54, 1.807) is 0 Å². The van der Waals surface area contributed by atoms with Crippen molar-refractivity contribution in [2.45, 2.75) is 40.0 Å². The third kappa shape index (κ3) is 3.77. The minimum Gasteiger partial charge on any atom is -0.316 e. The van der Waals surface area contributed by atoms with Crippen LogP contribution in [0.4, 0.5) is 0 Å². The van der Waals surface area contributed by atoms with Crippen molar-refractivity contribution in [2.75, 3.05) is 19.0 Å². The van der Waals surface area contributed by atoms with Crippen molar-refractivity contribution in [1.82, 2.24) is 5.32 Å². The van der Waals surface area contributed by atoms with Gasteiger partial charge in [-0.05, 0) is 31.2 Å². The molecule has 0 amide bonds. The number of halogens is 1. The van der Waals surface area contributed by atoms with Crippen molar-refractivity contribution in [3.05, 3.63) is 0 Å². The molecule has 0 aliphatic carbocycles. The van der Waals surface area contributed by atoms with Crippen LogP contribution < -0.4 is 5.32 Å². The fourth-order valence-electron chi connectivity index (χ4n) is 1.27. The Balaban J connectivity index is 3.76. The van der Waals surface area contributed by atoms with Crippen LogP contribution in [0.2, 0.25) is 0 Å². The Kier molecular flexibility index (Phi) is 6.87. The summed E-state index contributed by atoms with van der Waals surface area (Å²) >= 11 is 5.96. The summed E-state index contributed by atoms with van der Waals surface area (Å²) in [6.45, 7) is 8.81. The number of nitrogens with one attached hydrogen (secondary N) is 1. The van der Waals surface area contributed by atoms with Gasteiger partial charge in [-0.1, -0.05) is 20.8 Å². The molecule has 2 heteroatoms. The Labute approximate surface area is 81.9 Å². The van der Waals surface area contributed by atoms with Crippen LogP contribution in [-0.2, 0) is 0 Å². The third-order valence-corrected chi connectivity index (χ3v) is 3.28. The monoisotopic (exact) mass is 191 g/mol. The Morgan fingerprint density at radius 3 is 2.08 bits per heavy atom. The maximum absolute atomic E-state index is 5.96. The molecule has 0 spiro atoms. The van der Waals surface area contributed by atoms with E-state index in [1.807, 2.05) is 0 Å². The maximum Gasteiger partial charge on any atom is 0.0291 e. The molecule has 0 heterocycles. The Bertz CT molecular complexity index is 91.7. The molecule has 0 fully saturated rings. The molecule has 0 radical (unpaired) electrons. The van der Waals surface area contributed by atoms with Gasteiger partial charge in [0.1, 0.15) is 0 Å². The fourth-order valence-corrected chi connectivity index (χ4v) is 1.74. The lowest BCUT2D eigenvalue weighted by atomic mass is 9.84. The molecule has 0 aromatic heterocycles. The molecule has 0 bridgehead atoms. The first-order valence-corrected chi connectivity index (χ1v) is 5.54. The van der Waals surface area contributed by atoms with Gasteiger partial charge in [-0.2, -0.15) is 0 Å². The molecule has 0 aliphatic rings. The lowest BCUT2D eigenvalue weighted by Crippen LogP contribution is -2.35. The van der Waals surface area contributed by atoms with Gasteiger partial charge >= 0.3 is 0 Å². The average molecular weight is 192 g/mol. The van der Waals surface area contributed by atoms with Crippen LogP contribution in [0.25, 0.3) is 0 Å². The van der Waals surface area contributed by atoms with E-state index in [1.165, 1.54) is 19.3 Å². The molecular weight excluding hydrogens is 170 g/mol. The third-order valence-electron chi connectivity index (χ3n) is 2.71. The lowest BCUT2D eigenvalue weighted by Gasteiger charge is -2.29. The van der Waals surface area contributed by atoms with Crippen molar-refractivity contribution < 1.29 is 0 Å². The molecule has 0 aromatic rings. The summed E-state index contributed by atoms with van der Waals surface area (Å²) < 4.78 is 0. The Hall–Kier alpha value is 0.250. The number of hydrogen-bond acceptors (Lipinski definition) is 1. The van der Waals surface area contributed by atoms with Crippen LogP contribution in [0, 0.1) is 5.41 Å². The standard InChI is InChI=1S/C10H22ClN/c1-4-7-12-9-10(5-2,6-3)8-11/h12H,4-9H2,1-3H3. The SMILES string of the molecule is CCCNCC(CC)(CC)CCl. The summed E-state index contributed by atoms with van der Waals surface area (Å²) in [5.41, 5.74) is 0.330. The summed E-state index contributed by atoms with van der Waals surface area (Å²) in [4.78, 5) is 0. The van der Waals surface area contributed by atoms with E-state index < -0.39 is 0 Å². The molecule has 0 saturated carbocycles. The van der Waals surface area contributed by atoms with Gasteiger partial charge in [-0.15, -0.1) is 11.6 Å². The lowest BCUT2D eigenvalue weighted by molar-refractivity contribution is 0.287. The van der Waals surface area contributed by atoms with E-state index in [4.69, 9.17) is 11.6 Å². The topological polar surface area (TPSA) is 12.0 Å². The molecule has 0 aliphatic heterocycles. The molecule has 1 nitrogen and oxygen atoms in total. The minimum absolute atomic E-state index is 0.330. The molecule has 0 atom stereocenters. The zero-order chi connectivity index (χ0) is 9.45. The molecule has 0 rings (SSSR count). The van der Waals surface area contributed by atoms with Crippen LogP contribution in [0.15, 0.2) is 0 Å². The van der Waals surface area contributed by atoms with Crippen LogP contribution in [0.5, 0.6) is 0 Å². The highest BCUT2D eigenvalue weighted by atomic mass is 35.5. The zero-order valence-electron chi connectivity index (χ0n) is 8.62. The highest BCUT2D eigenvalue weighted by molar-refractivity contribution is 6.18. The van der Waals surface area contributed by atoms with Crippen LogP contribution in [-0.4, -0.2) is 19.0 Å². The summed E-state index contributed by atoms with van der Waals surface area (Å²) in [5, 5.41) is 3.44. The number of rotatable bonds is 7. The molecule has 74 valence electrons. The van der Waals surface area contributed by atoms with E-state index in [0.717, 1.165) is 19.0 Å². The molecule has 12 heavy (non-hydrogen) atoms. The van der Waals surface area contributed by atoms with Gasteiger partial charge < -0.3 is 5.32 Å². The first kappa shape index (κ1) is 12.2. The van der Waals surface area contributed by atoms with Gasteiger partial charge in [-0.25, -0.2) is 0 Å². The number of alkyl halides is 1. The summed E-state index contributed by atoms with van der Waals surface area (Å²) in [7, 11) is 0. The maximum atomic E-state index is 5.96. The predicted octanol–water partition coefficient (Wildman–Crippen LogP) is 3.03. The fraction of sp³-hybridized carbons (Fsp3) is 1.00. The number of hydrogen-bond donors (Lipinski definition) is 1. The first-order valence-electron chi connectivity index (χ1n) is 5.01. The van der Waals surface area contributed by atoms with E-state index in [2.05, 4.69) is 26.1 Å². The van der Waals surface area contributed by atoms with Gasteiger partial charge in [0.05, 0.1) is 0 Å². The van der Waals surface area contributed by atoms with E-state index in [9.17, 15) is 0 Å². The van der Waals surface area contributed by atoms with E-state index in [0.29, 0.717) is 5.41 Å². The van der Waals surface area contributed by atoms with Crippen LogP contribution >= 0.6 is 11.6 Å². The highest BCUT2D eigenvalue weighted by Crippen LogP contribution is 2.26. The second kappa shape index (κ2) is 6.73. The Morgan fingerprint density at radius 2 is 1.75 bits per heavy atom. The van der Waals surface area contributed by atoms with Crippen molar-refractivity contribution in [3.8, 4) is 0 Å². The van der Waals surface area contributed by atoms with Crippen molar-refractivity contribution in [1.29, 1.82) is 0 Å². The molecule has 0 unspecified atom stereocenters. The molecule has 0 aromatic carbocycles. The molecule has 0 saturated heterocycles. The second-order valence-electron chi connectivity index (χ2n) is 3.52. The van der Waals surface area contributed by atoms with Gasteiger partial charge in [0.25, 0.3) is 0 Å². The van der Waals surface area contributed by atoms with Gasteiger partial charge in [0.15, 0.2) is 0 Å². The molecular formula is C10H22ClN. The van der Waals surface area contributed by atoms with Gasteiger partial charge in [-0.3, -0.25) is 0 Å². The normalized spacial score (nSPS) is 12.0. The smallest absolute Gasteiger partial charge is 0.0291 e. The van der Waals surface area contributed by atoms with E-state index >= 15 is 0 Å². The van der Waals surface area contributed by atoms with Gasteiger partial charge in [0.2, 0.25) is 0 Å². The average Bonchev–Trinajstić information content (AvgIpc) is 2.14. The minimum atomic E-state index is 0.330. The van der Waals surface area contributed by atoms with E-state index in [-0.39, 0.29) is 0 Å². The summed E-state index contributed by atoms with van der Waals surface area (Å²) in [5.74, 6) is 0.775. The van der Waals surface area contributed by atoms with Crippen LogP contribution in [0.1, 0.15) is 40.0 Å². The summed E-state index contributed by atoms with van der Waals surface area (Å²) in [6, 6.07) is 0. The molecule has 1 N–H and O–H groups in total. The predicted molar refractivity (Wildman–Crippen MR) is 56.9 cm³/mol. The van der Waals surface area contributed by atoms with Crippen LogP contribution in [0.3, 0.4) is 0 Å². The van der Waals surface area contributed by atoms with Gasteiger partial charge in [0, 0.05) is 12.4 Å². The quantitative estimate of drug-likeness (QED) is 0.482. The van der Waals surface area contributed by atoms with Crippen molar-refractivity contribution in [2.24, 2.45) is 5.41 Å². The first-order chi connectivity index (χ1) is 5.74. The Morgan fingerprint density at radius 1 is 1.17 bits per heavy atom. The van der Waals surface area contributed by atoms with Crippen molar-refractivity contribution in [3.63, 3.8) is 0 Å².